The van der Waals surface area contributed by atoms with Crippen molar-refractivity contribution in [1.29, 1.82) is 0 Å². The van der Waals surface area contributed by atoms with Gasteiger partial charge in [-0.3, -0.25) is 4.79 Å². The highest BCUT2D eigenvalue weighted by Crippen LogP contribution is 2.04. The third-order valence-corrected chi connectivity index (χ3v) is 2.54. The van der Waals surface area contributed by atoms with Crippen LogP contribution in [0.1, 0.15) is 6.42 Å². The van der Waals surface area contributed by atoms with Gasteiger partial charge in [0.15, 0.2) is 5.11 Å². The second-order valence-corrected chi connectivity index (χ2v) is 4.25. The van der Waals surface area contributed by atoms with Crippen LogP contribution in [0.3, 0.4) is 0 Å². The number of hydrogen-bond donors (Lipinski definition) is 3. The number of ether oxygens (including phenoxy) is 1. The normalized spacial score (nSPS) is 9.74. The summed E-state index contributed by atoms with van der Waals surface area (Å²) in [5, 5.41) is 9.27. The lowest BCUT2D eigenvalue weighted by molar-refractivity contribution is -0.121. The van der Waals surface area contributed by atoms with Crippen LogP contribution in [0.5, 0.6) is 0 Å². The number of hydrogen-bond acceptors (Lipinski definition) is 3. The fourth-order valence-corrected chi connectivity index (χ4v) is 1.59. The highest BCUT2D eigenvalue weighted by atomic mass is 32.1. The first-order valence-corrected chi connectivity index (χ1v) is 6.48. The van der Waals surface area contributed by atoms with Crippen LogP contribution >= 0.6 is 12.2 Å². The summed E-state index contributed by atoms with van der Waals surface area (Å²) in [7, 11) is 1.60. The molecule has 1 amide bonds. The molecule has 19 heavy (non-hydrogen) atoms. The van der Waals surface area contributed by atoms with Crippen LogP contribution in [0.4, 0.5) is 5.69 Å². The molecule has 0 saturated heterocycles. The van der Waals surface area contributed by atoms with E-state index in [-0.39, 0.29) is 5.91 Å². The van der Waals surface area contributed by atoms with Gasteiger partial charge in [-0.05, 0) is 24.4 Å². The number of anilines is 1. The van der Waals surface area contributed by atoms with Gasteiger partial charge in [-0.25, -0.2) is 0 Å². The Kier molecular flexibility index (Phi) is 7.53. The van der Waals surface area contributed by atoms with Gasteiger partial charge in [0.05, 0.1) is 6.61 Å². The lowest BCUT2D eigenvalue weighted by atomic mass is 10.3. The monoisotopic (exact) mass is 281 g/mol. The van der Waals surface area contributed by atoms with Crippen LogP contribution < -0.4 is 16.0 Å². The van der Waals surface area contributed by atoms with Crippen LogP contribution in [0.15, 0.2) is 30.3 Å². The molecule has 0 radical (unpaired) electrons. The number of thiocarbonyl (C=S) groups is 1. The van der Waals surface area contributed by atoms with Crippen LogP contribution in [0.2, 0.25) is 0 Å². The Bertz CT molecular complexity index is 398. The first-order valence-electron chi connectivity index (χ1n) is 6.08. The number of carbonyl (C=O) groups is 1. The third kappa shape index (κ3) is 7.38. The van der Waals surface area contributed by atoms with Crippen LogP contribution in [0.25, 0.3) is 0 Å². The lowest BCUT2D eigenvalue weighted by Crippen LogP contribution is -2.34. The maximum Gasteiger partial charge on any atom is 0.221 e. The van der Waals surface area contributed by atoms with Gasteiger partial charge >= 0.3 is 0 Å². The minimum Gasteiger partial charge on any atom is -0.383 e. The fraction of sp³-hybridized carbons (Fsp3) is 0.385. The van der Waals surface area contributed by atoms with Crippen molar-refractivity contribution >= 4 is 28.9 Å². The molecule has 0 unspecified atom stereocenters. The van der Waals surface area contributed by atoms with Gasteiger partial charge in [0.1, 0.15) is 0 Å². The number of nitrogens with one attached hydrogen (secondary N) is 3. The first-order chi connectivity index (χ1) is 9.22. The smallest absolute Gasteiger partial charge is 0.221 e. The van der Waals surface area contributed by atoms with E-state index in [4.69, 9.17) is 17.0 Å². The molecular weight excluding hydrogens is 262 g/mol. The summed E-state index contributed by atoms with van der Waals surface area (Å²) in [6, 6.07) is 9.63. The Morgan fingerprint density at radius 3 is 2.63 bits per heavy atom. The van der Waals surface area contributed by atoms with Gasteiger partial charge in [0.2, 0.25) is 5.91 Å². The number of amides is 1. The molecule has 0 aliphatic heterocycles. The molecule has 6 heteroatoms. The summed E-state index contributed by atoms with van der Waals surface area (Å²) in [6.07, 6.45) is 0.375. The van der Waals surface area contributed by atoms with Gasteiger partial charge < -0.3 is 20.7 Å². The molecule has 0 bridgehead atoms. The summed E-state index contributed by atoms with van der Waals surface area (Å²) in [4.78, 5) is 11.4. The Balaban J connectivity index is 2.12. The zero-order valence-electron chi connectivity index (χ0n) is 10.9. The zero-order chi connectivity index (χ0) is 13.9. The Morgan fingerprint density at radius 1 is 1.21 bits per heavy atom. The second-order valence-electron chi connectivity index (χ2n) is 3.84. The molecule has 3 N–H and O–H groups in total. The summed E-state index contributed by atoms with van der Waals surface area (Å²) in [5.74, 6) is -0.0212. The molecule has 0 aromatic heterocycles. The molecule has 1 rings (SSSR count). The summed E-state index contributed by atoms with van der Waals surface area (Å²) in [5.41, 5.74) is 0.921. The molecule has 104 valence electrons. The van der Waals surface area contributed by atoms with Crippen molar-refractivity contribution in [2.45, 2.75) is 6.42 Å². The summed E-state index contributed by atoms with van der Waals surface area (Å²) >= 11 is 5.12. The molecule has 0 fully saturated rings. The van der Waals surface area contributed by atoms with E-state index in [1.165, 1.54) is 0 Å². The van der Waals surface area contributed by atoms with Crippen molar-refractivity contribution in [1.82, 2.24) is 10.6 Å². The highest BCUT2D eigenvalue weighted by Gasteiger charge is 2.01. The number of carbonyl (C=O) groups excluding carboxylic acids is 1. The van der Waals surface area contributed by atoms with Crippen molar-refractivity contribution in [3.05, 3.63) is 30.3 Å². The van der Waals surface area contributed by atoms with Crippen molar-refractivity contribution in [2.75, 3.05) is 32.1 Å². The molecular formula is C13H19N3O2S. The molecule has 0 aliphatic rings. The number of rotatable bonds is 7. The molecule has 0 atom stereocenters. The van der Waals surface area contributed by atoms with E-state index in [9.17, 15) is 4.79 Å². The highest BCUT2D eigenvalue weighted by molar-refractivity contribution is 7.80. The average molecular weight is 281 g/mol. The van der Waals surface area contributed by atoms with E-state index < -0.39 is 0 Å². The zero-order valence-corrected chi connectivity index (χ0v) is 11.8. The predicted molar refractivity (Wildman–Crippen MR) is 80.2 cm³/mol. The molecule has 0 heterocycles. The van der Waals surface area contributed by atoms with Crippen LogP contribution in [-0.4, -0.2) is 37.8 Å². The maximum absolute atomic E-state index is 11.4. The summed E-state index contributed by atoms with van der Waals surface area (Å²) < 4.78 is 4.84. The van der Waals surface area contributed by atoms with E-state index in [2.05, 4.69) is 16.0 Å². The van der Waals surface area contributed by atoms with Gasteiger partial charge in [0, 0.05) is 32.3 Å². The molecule has 0 aliphatic carbocycles. The van der Waals surface area contributed by atoms with Crippen LogP contribution in [-0.2, 0) is 9.53 Å². The first kappa shape index (κ1) is 15.4. The predicted octanol–water partition coefficient (Wildman–Crippen LogP) is 1.13. The summed E-state index contributed by atoms with van der Waals surface area (Å²) in [6.45, 7) is 1.55. The van der Waals surface area contributed by atoms with Gasteiger partial charge in [0.25, 0.3) is 0 Å². The standard InChI is InChI=1S/C13H19N3O2S/c1-18-10-9-14-12(17)7-8-15-13(19)16-11-5-3-2-4-6-11/h2-6H,7-10H2,1H3,(H,14,17)(H2,15,16,19). The minimum absolute atomic E-state index is 0.0212. The van der Waals surface area contributed by atoms with Gasteiger partial charge in [-0.2, -0.15) is 0 Å². The third-order valence-electron chi connectivity index (χ3n) is 2.30. The lowest BCUT2D eigenvalue weighted by Gasteiger charge is -2.10. The molecule has 1 aromatic carbocycles. The quantitative estimate of drug-likeness (QED) is 0.516. The molecule has 0 saturated carbocycles. The fourth-order valence-electron chi connectivity index (χ4n) is 1.37. The van der Waals surface area contributed by atoms with Gasteiger partial charge in [-0.1, -0.05) is 18.2 Å². The van der Waals surface area contributed by atoms with E-state index in [1.54, 1.807) is 7.11 Å². The van der Waals surface area contributed by atoms with Gasteiger partial charge in [-0.15, -0.1) is 0 Å². The average Bonchev–Trinajstić information content (AvgIpc) is 2.40. The molecule has 5 nitrogen and oxygen atoms in total. The number of benzene rings is 1. The van der Waals surface area contributed by atoms with Crippen molar-refractivity contribution in [3.63, 3.8) is 0 Å². The number of methoxy groups -OCH3 is 1. The SMILES string of the molecule is COCCNC(=O)CCNC(=S)Nc1ccccc1. The van der Waals surface area contributed by atoms with E-state index in [0.717, 1.165) is 5.69 Å². The van der Waals surface area contributed by atoms with E-state index in [0.29, 0.717) is 31.2 Å². The maximum atomic E-state index is 11.4. The van der Waals surface area contributed by atoms with E-state index >= 15 is 0 Å². The minimum atomic E-state index is -0.0212. The molecule has 1 aromatic rings. The van der Waals surface area contributed by atoms with Crippen molar-refractivity contribution in [2.24, 2.45) is 0 Å². The van der Waals surface area contributed by atoms with Crippen molar-refractivity contribution in [3.8, 4) is 0 Å². The number of para-hydroxylation sites is 1. The topological polar surface area (TPSA) is 62.4 Å². The Labute approximate surface area is 118 Å². The van der Waals surface area contributed by atoms with E-state index in [1.807, 2.05) is 30.3 Å². The largest absolute Gasteiger partial charge is 0.383 e. The van der Waals surface area contributed by atoms with Crippen LogP contribution in [0, 0.1) is 0 Å². The Hall–Kier alpha value is -1.66. The Morgan fingerprint density at radius 2 is 1.95 bits per heavy atom. The van der Waals surface area contributed by atoms with Crippen molar-refractivity contribution < 1.29 is 9.53 Å². The second kappa shape index (κ2) is 9.29. The molecule has 0 spiro atoms.